The maximum atomic E-state index is 12.2. The van der Waals surface area contributed by atoms with Crippen LogP contribution in [0.3, 0.4) is 0 Å². The van der Waals surface area contributed by atoms with Crippen molar-refractivity contribution in [2.75, 3.05) is 6.54 Å². The Kier molecular flexibility index (Phi) is 4.33. The van der Waals surface area contributed by atoms with Crippen LogP contribution in [0, 0.1) is 0 Å². The maximum Gasteiger partial charge on any atom is 0.405 e. The predicted molar refractivity (Wildman–Crippen MR) is 68.8 cm³/mol. The van der Waals surface area contributed by atoms with E-state index in [0.29, 0.717) is 4.88 Å². The van der Waals surface area contributed by atoms with Gasteiger partial charge in [-0.1, -0.05) is 11.2 Å². The van der Waals surface area contributed by atoms with Gasteiger partial charge in [-0.25, -0.2) is 0 Å². The highest BCUT2D eigenvalue weighted by Crippen LogP contribution is 2.31. The zero-order valence-electron chi connectivity index (χ0n) is 10.8. The molecule has 5 nitrogen and oxygen atoms in total. The fourth-order valence-corrected chi connectivity index (χ4v) is 2.37. The summed E-state index contributed by atoms with van der Waals surface area (Å²) in [5.74, 6) is -1.16. The summed E-state index contributed by atoms with van der Waals surface area (Å²) in [7, 11) is 0. The van der Waals surface area contributed by atoms with Gasteiger partial charge >= 0.3 is 6.18 Å². The molecule has 0 fully saturated rings. The molecule has 2 rings (SSSR count). The molecule has 0 aliphatic carbocycles. The molecule has 0 aliphatic rings. The molecule has 0 radical (unpaired) electrons. The standard InChI is InChI=1S/C12H11F3N2O3S/c1-6(18)10-8(11(19)16-5-12(13,14)15)9(17-20-10)7-3-2-4-21-7/h2-4,6,18H,5H2,1H3,(H,16,19)/t6-/m0/s1. The number of alkyl halides is 3. The summed E-state index contributed by atoms with van der Waals surface area (Å²) in [6.45, 7) is -0.139. The van der Waals surface area contributed by atoms with Crippen LogP contribution in [0.15, 0.2) is 22.0 Å². The zero-order chi connectivity index (χ0) is 15.6. The number of aliphatic hydroxyl groups is 1. The lowest BCUT2D eigenvalue weighted by molar-refractivity contribution is -0.123. The van der Waals surface area contributed by atoms with Crippen molar-refractivity contribution in [2.45, 2.75) is 19.2 Å². The van der Waals surface area contributed by atoms with E-state index in [9.17, 15) is 23.1 Å². The van der Waals surface area contributed by atoms with E-state index in [1.54, 1.807) is 22.8 Å². The fraction of sp³-hybridized carbons (Fsp3) is 0.333. The number of hydrogen-bond acceptors (Lipinski definition) is 5. The van der Waals surface area contributed by atoms with E-state index in [2.05, 4.69) is 5.16 Å². The van der Waals surface area contributed by atoms with Crippen LogP contribution in [-0.2, 0) is 0 Å². The molecular formula is C12H11F3N2O3S. The topological polar surface area (TPSA) is 75.4 Å². The first-order chi connectivity index (χ1) is 9.79. The number of amides is 1. The molecule has 0 unspecified atom stereocenters. The fourth-order valence-electron chi connectivity index (χ4n) is 1.66. The summed E-state index contributed by atoms with van der Waals surface area (Å²) in [6.07, 6.45) is -5.70. The summed E-state index contributed by atoms with van der Waals surface area (Å²) >= 11 is 1.25. The van der Waals surface area contributed by atoms with Gasteiger partial charge in [0, 0.05) is 0 Å². The minimum absolute atomic E-state index is 0.112. The predicted octanol–water partition coefficient (Wildman–Crippen LogP) is 2.75. The smallest absolute Gasteiger partial charge is 0.385 e. The van der Waals surface area contributed by atoms with Crippen LogP contribution >= 0.6 is 11.3 Å². The van der Waals surface area contributed by atoms with E-state index >= 15 is 0 Å². The zero-order valence-corrected chi connectivity index (χ0v) is 11.6. The SMILES string of the molecule is C[C@H](O)c1onc(-c2cccs2)c1C(=O)NCC(F)(F)F. The first-order valence-electron chi connectivity index (χ1n) is 5.86. The third-order valence-electron chi connectivity index (χ3n) is 2.53. The highest BCUT2D eigenvalue weighted by molar-refractivity contribution is 7.13. The highest BCUT2D eigenvalue weighted by atomic mass is 32.1. The number of aromatic nitrogens is 1. The summed E-state index contributed by atoms with van der Waals surface area (Å²) in [4.78, 5) is 12.5. The number of carbonyl (C=O) groups excluding carboxylic acids is 1. The molecule has 2 heterocycles. The number of nitrogens with one attached hydrogen (secondary N) is 1. The van der Waals surface area contributed by atoms with Crippen LogP contribution in [0.25, 0.3) is 10.6 Å². The van der Waals surface area contributed by atoms with Crippen molar-refractivity contribution in [1.29, 1.82) is 0 Å². The quantitative estimate of drug-likeness (QED) is 0.908. The Hall–Kier alpha value is -1.87. The molecule has 2 aromatic heterocycles. The Balaban J connectivity index is 2.35. The van der Waals surface area contributed by atoms with E-state index in [-0.39, 0.29) is 17.0 Å². The molecule has 0 aromatic carbocycles. The second kappa shape index (κ2) is 5.86. The second-order valence-electron chi connectivity index (χ2n) is 4.22. The number of hydrogen-bond donors (Lipinski definition) is 2. The Morgan fingerprint density at radius 3 is 2.81 bits per heavy atom. The Morgan fingerprint density at radius 1 is 1.57 bits per heavy atom. The molecule has 2 aromatic rings. The molecule has 0 saturated carbocycles. The maximum absolute atomic E-state index is 12.2. The van der Waals surface area contributed by atoms with Crippen LogP contribution in [0.2, 0.25) is 0 Å². The average Bonchev–Trinajstić information content (AvgIpc) is 3.02. The Labute approximate surface area is 121 Å². The van der Waals surface area contributed by atoms with Gasteiger partial charge < -0.3 is 14.9 Å². The van der Waals surface area contributed by atoms with Gasteiger partial charge in [0.15, 0.2) is 5.76 Å². The number of thiophene rings is 1. The van der Waals surface area contributed by atoms with Crippen LogP contribution in [-0.4, -0.2) is 28.9 Å². The number of rotatable bonds is 4. The molecule has 0 spiro atoms. The van der Waals surface area contributed by atoms with Crippen LogP contribution in [0.5, 0.6) is 0 Å². The monoisotopic (exact) mass is 320 g/mol. The first kappa shape index (κ1) is 15.5. The van der Waals surface area contributed by atoms with Crippen molar-refractivity contribution in [2.24, 2.45) is 0 Å². The van der Waals surface area contributed by atoms with Gasteiger partial charge in [-0.2, -0.15) is 13.2 Å². The highest BCUT2D eigenvalue weighted by Gasteiger charge is 2.31. The first-order valence-corrected chi connectivity index (χ1v) is 6.74. The molecule has 0 bridgehead atoms. The summed E-state index contributed by atoms with van der Waals surface area (Å²) in [5.41, 5.74) is -0.0720. The Morgan fingerprint density at radius 2 is 2.29 bits per heavy atom. The van der Waals surface area contributed by atoms with Crippen molar-refractivity contribution in [3.8, 4) is 10.6 Å². The van der Waals surface area contributed by atoms with Crippen molar-refractivity contribution in [3.05, 3.63) is 28.8 Å². The van der Waals surface area contributed by atoms with Crippen molar-refractivity contribution >= 4 is 17.2 Å². The lowest BCUT2D eigenvalue weighted by atomic mass is 10.1. The molecule has 1 atom stereocenters. The van der Waals surface area contributed by atoms with Gasteiger partial charge in [0.1, 0.15) is 23.9 Å². The number of carbonyl (C=O) groups is 1. The minimum Gasteiger partial charge on any atom is -0.385 e. The third-order valence-corrected chi connectivity index (χ3v) is 3.41. The number of aliphatic hydroxyl groups excluding tert-OH is 1. The molecular weight excluding hydrogens is 309 g/mol. The van der Waals surface area contributed by atoms with Gasteiger partial charge in [-0.3, -0.25) is 4.79 Å². The molecule has 9 heteroatoms. The summed E-state index contributed by atoms with van der Waals surface area (Å²) < 4.78 is 41.5. The Bertz CT molecular complexity index is 620. The van der Waals surface area contributed by atoms with E-state index in [1.165, 1.54) is 18.3 Å². The largest absolute Gasteiger partial charge is 0.405 e. The third kappa shape index (κ3) is 3.61. The second-order valence-corrected chi connectivity index (χ2v) is 5.17. The summed E-state index contributed by atoms with van der Waals surface area (Å²) in [6, 6.07) is 3.35. The molecule has 1 amide bonds. The average molecular weight is 320 g/mol. The van der Waals surface area contributed by atoms with Crippen LogP contribution in [0.4, 0.5) is 13.2 Å². The van der Waals surface area contributed by atoms with E-state index in [4.69, 9.17) is 4.52 Å². The molecule has 21 heavy (non-hydrogen) atoms. The van der Waals surface area contributed by atoms with E-state index in [0.717, 1.165) is 0 Å². The van der Waals surface area contributed by atoms with Crippen LogP contribution in [0.1, 0.15) is 29.1 Å². The molecule has 0 aliphatic heterocycles. The summed E-state index contributed by atoms with van der Waals surface area (Å²) in [5, 5.41) is 16.7. The van der Waals surface area contributed by atoms with Gasteiger partial charge in [0.25, 0.3) is 5.91 Å². The van der Waals surface area contributed by atoms with E-state index < -0.39 is 24.7 Å². The molecule has 114 valence electrons. The van der Waals surface area contributed by atoms with Gasteiger partial charge in [-0.05, 0) is 18.4 Å². The molecule has 0 saturated heterocycles. The number of halogens is 3. The lowest BCUT2D eigenvalue weighted by Gasteiger charge is -2.09. The van der Waals surface area contributed by atoms with E-state index in [1.807, 2.05) is 0 Å². The normalized spacial score (nSPS) is 13.2. The van der Waals surface area contributed by atoms with Crippen molar-refractivity contribution in [1.82, 2.24) is 10.5 Å². The van der Waals surface area contributed by atoms with Crippen molar-refractivity contribution < 1.29 is 27.6 Å². The van der Waals surface area contributed by atoms with Crippen molar-refractivity contribution in [3.63, 3.8) is 0 Å². The molecule has 2 N–H and O–H groups in total. The van der Waals surface area contributed by atoms with Crippen LogP contribution < -0.4 is 5.32 Å². The number of nitrogens with zero attached hydrogens (tertiary/aromatic N) is 1. The van der Waals surface area contributed by atoms with Gasteiger partial charge in [0.05, 0.1) is 4.88 Å². The van der Waals surface area contributed by atoms with Gasteiger partial charge in [-0.15, -0.1) is 11.3 Å². The minimum atomic E-state index is -4.53. The lowest BCUT2D eigenvalue weighted by Crippen LogP contribution is -2.34. The van der Waals surface area contributed by atoms with Gasteiger partial charge in [0.2, 0.25) is 0 Å².